The maximum Gasteiger partial charge on any atom is 0.280 e. The second-order valence-corrected chi connectivity index (χ2v) is 3.26. The molecule has 0 amide bonds. The highest BCUT2D eigenvalue weighted by molar-refractivity contribution is 5.37. The van der Waals surface area contributed by atoms with Crippen LogP contribution in [0.25, 0.3) is 0 Å². The Hall–Kier alpha value is -0.990. The monoisotopic (exact) mass is 185 g/mol. The van der Waals surface area contributed by atoms with E-state index >= 15 is 0 Å². The first-order valence-corrected chi connectivity index (χ1v) is 4.17. The van der Waals surface area contributed by atoms with Gasteiger partial charge in [0.2, 0.25) is 0 Å². The summed E-state index contributed by atoms with van der Waals surface area (Å²) in [6.45, 7) is 7.20. The van der Waals surface area contributed by atoms with Gasteiger partial charge in [-0.25, -0.2) is 8.78 Å². The molecule has 0 spiro atoms. The molecule has 13 heavy (non-hydrogen) atoms. The van der Waals surface area contributed by atoms with Crippen LogP contribution in [0.5, 0.6) is 0 Å². The van der Waals surface area contributed by atoms with Crippen LogP contribution < -0.4 is 0 Å². The third-order valence-electron chi connectivity index (χ3n) is 2.55. The second kappa shape index (κ2) is 3.40. The number of hydrogen-bond acceptors (Lipinski definition) is 1. The highest BCUT2D eigenvalue weighted by Gasteiger charge is 2.16. The van der Waals surface area contributed by atoms with Gasteiger partial charge in [-0.15, -0.1) is 0 Å². The predicted octanol–water partition coefficient (Wildman–Crippen LogP) is 3.25. The van der Waals surface area contributed by atoms with Crippen molar-refractivity contribution in [2.45, 2.75) is 34.1 Å². The Morgan fingerprint density at radius 2 is 1.46 bits per heavy atom. The minimum absolute atomic E-state index is 0.0828. The van der Waals surface area contributed by atoms with Crippen molar-refractivity contribution < 1.29 is 8.78 Å². The summed E-state index contributed by atoms with van der Waals surface area (Å²) < 4.78 is 24.9. The third-order valence-corrected chi connectivity index (χ3v) is 2.55. The van der Waals surface area contributed by atoms with Crippen molar-refractivity contribution in [3.8, 4) is 0 Å². The zero-order valence-electron chi connectivity index (χ0n) is 8.28. The molecule has 0 saturated carbocycles. The van der Waals surface area contributed by atoms with Crippen LogP contribution in [0.2, 0.25) is 0 Å². The van der Waals surface area contributed by atoms with Gasteiger partial charge in [0.1, 0.15) is 5.69 Å². The van der Waals surface area contributed by atoms with Crippen molar-refractivity contribution in [2.75, 3.05) is 0 Å². The van der Waals surface area contributed by atoms with E-state index in [0.717, 1.165) is 11.1 Å². The first kappa shape index (κ1) is 10.1. The van der Waals surface area contributed by atoms with Crippen LogP contribution in [-0.2, 0) is 0 Å². The van der Waals surface area contributed by atoms with Crippen LogP contribution in [0.15, 0.2) is 0 Å². The van der Waals surface area contributed by atoms with Crippen LogP contribution >= 0.6 is 0 Å². The lowest BCUT2D eigenvalue weighted by Gasteiger charge is -2.11. The maximum absolute atomic E-state index is 12.5. The van der Waals surface area contributed by atoms with Crippen molar-refractivity contribution in [1.82, 2.24) is 4.98 Å². The molecular weight excluding hydrogens is 172 g/mol. The molecule has 3 heteroatoms. The molecule has 0 fully saturated rings. The normalized spacial score (nSPS) is 11.0. The SMILES string of the molecule is Cc1nc(C(F)F)c(C)c(C)c1C. The van der Waals surface area contributed by atoms with Crippen molar-refractivity contribution in [3.05, 3.63) is 28.1 Å². The molecule has 0 aliphatic carbocycles. The molecule has 1 nitrogen and oxygen atoms in total. The Kier molecular flexibility index (Phi) is 2.64. The van der Waals surface area contributed by atoms with Gasteiger partial charge in [0, 0.05) is 5.69 Å². The number of halogens is 2. The average molecular weight is 185 g/mol. The van der Waals surface area contributed by atoms with E-state index in [0.29, 0.717) is 11.3 Å². The van der Waals surface area contributed by atoms with Crippen LogP contribution in [0.1, 0.15) is 34.5 Å². The van der Waals surface area contributed by atoms with Crippen LogP contribution in [0.3, 0.4) is 0 Å². The zero-order chi connectivity index (χ0) is 10.2. The summed E-state index contributed by atoms with van der Waals surface area (Å²) in [6.07, 6.45) is -2.47. The van der Waals surface area contributed by atoms with E-state index in [-0.39, 0.29) is 5.69 Å². The van der Waals surface area contributed by atoms with Crippen molar-refractivity contribution >= 4 is 0 Å². The van der Waals surface area contributed by atoms with E-state index in [1.165, 1.54) is 0 Å². The number of alkyl halides is 2. The van der Waals surface area contributed by atoms with E-state index in [2.05, 4.69) is 4.98 Å². The molecule has 1 heterocycles. The Morgan fingerprint density at radius 1 is 0.923 bits per heavy atom. The van der Waals surface area contributed by atoms with Gasteiger partial charge in [-0.1, -0.05) is 0 Å². The third kappa shape index (κ3) is 1.69. The van der Waals surface area contributed by atoms with Gasteiger partial charge in [0.25, 0.3) is 6.43 Å². The molecule has 0 aliphatic heterocycles. The Balaban J connectivity index is 3.41. The molecule has 0 bridgehead atoms. The minimum atomic E-state index is -2.47. The molecule has 0 atom stereocenters. The zero-order valence-corrected chi connectivity index (χ0v) is 8.28. The lowest BCUT2D eigenvalue weighted by molar-refractivity contribution is 0.145. The number of aromatic nitrogens is 1. The van der Waals surface area contributed by atoms with Crippen LogP contribution in [0.4, 0.5) is 8.78 Å². The fourth-order valence-corrected chi connectivity index (χ4v) is 1.31. The number of rotatable bonds is 1. The van der Waals surface area contributed by atoms with E-state index in [1.54, 1.807) is 13.8 Å². The van der Waals surface area contributed by atoms with Crippen LogP contribution in [-0.4, -0.2) is 4.98 Å². The maximum atomic E-state index is 12.5. The van der Waals surface area contributed by atoms with Gasteiger partial charge in [-0.3, -0.25) is 4.98 Å². The molecule has 0 radical (unpaired) electrons. The predicted molar refractivity (Wildman–Crippen MR) is 48.1 cm³/mol. The Bertz CT molecular complexity index is 332. The molecular formula is C10H13F2N. The topological polar surface area (TPSA) is 12.9 Å². The minimum Gasteiger partial charge on any atom is -0.252 e. The fraction of sp³-hybridized carbons (Fsp3) is 0.500. The Morgan fingerprint density at radius 3 is 1.92 bits per heavy atom. The van der Waals surface area contributed by atoms with Crippen molar-refractivity contribution in [2.24, 2.45) is 0 Å². The first-order chi connectivity index (χ1) is 5.95. The van der Waals surface area contributed by atoms with Crippen molar-refractivity contribution in [1.29, 1.82) is 0 Å². The molecule has 0 saturated heterocycles. The largest absolute Gasteiger partial charge is 0.280 e. The van der Waals surface area contributed by atoms with Gasteiger partial charge in [0.05, 0.1) is 0 Å². The summed E-state index contributed by atoms with van der Waals surface area (Å²) >= 11 is 0. The van der Waals surface area contributed by atoms with Gasteiger partial charge < -0.3 is 0 Å². The van der Waals surface area contributed by atoms with E-state index in [9.17, 15) is 8.78 Å². The summed E-state index contributed by atoms with van der Waals surface area (Å²) in [4.78, 5) is 3.88. The van der Waals surface area contributed by atoms with Crippen molar-refractivity contribution in [3.63, 3.8) is 0 Å². The van der Waals surface area contributed by atoms with E-state index in [4.69, 9.17) is 0 Å². The highest BCUT2D eigenvalue weighted by atomic mass is 19.3. The molecule has 0 aromatic carbocycles. The smallest absolute Gasteiger partial charge is 0.252 e. The number of pyridine rings is 1. The number of aryl methyl sites for hydroxylation is 1. The first-order valence-electron chi connectivity index (χ1n) is 4.17. The second-order valence-electron chi connectivity index (χ2n) is 3.26. The molecule has 1 rings (SSSR count). The summed E-state index contributed by atoms with van der Waals surface area (Å²) in [5.74, 6) is 0. The lowest BCUT2D eigenvalue weighted by Crippen LogP contribution is -2.02. The summed E-state index contributed by atoms with van der Waals surface area (Å²) in [7, 11) is 0. The van der Waals surface area contributed by atoms with Gasteiger partial charge in [0.15, 0.2) is 0 Å². The van der Waals surface area contributed by atoms with Gasteiger partial charge >= 0.3 is 0 Å². The molecule has 72 valence electrons. The standard InChI is InChI=1S/C10H13F2N/c1-5-6(2)8(4)13-9(7(5)3)10(11)12/h10H,1-4H3. The molecule has 0 aliphatic rings. The summed E-state index contributed by atoms with van der Waals surface area (Å²) in [6, 6.07) is 0. The van der Waals surface area contributed by atoms with Crippen LogP contribution in [0, 0.1) is 27.7 Å². The van der Waals surface area contributed by atoms with E-state index in [1.807, 2.05) is 13.8 Å². The number of nitrogens with zero attached hydrogens (tertiary/aromatic N) is 1. The van der Waals surface area contributed by atoms with Gasteiger partial charge in [-0.05, 0) is 44.4 Å². The number of hydrogen-bond donors (Lipinski definition) is 0. The highest BCUT2D eigenvalue weighted by Crippen LogP contribution is 2.25. The summed E-state index contributed by atoms with van der Waals surface area (Å²) in [5, 5.41) is 0. The summed E-state index contributed by atoms with van der Waals surface area (Å²) in [5.41, 5.74) is 3.14. The molecule has 1 aromatic rings. The lowest BCUT2D eigenvalue weighted by atomic mass is 10.0. The average Bonchev–Trinajstić information content (AvgIpc) is 2.07. The fourth-order valence-electron chi connectivity index (χ4n) is 1.31. The Labute approximate surface area is 76.8 Å². The van der Waals surface area contributed by atoms with Gasteiger partial charge in [-0.2, -0.15) is 0 Å². The molecule has 0 N–H and O–H groups in total. The quantitative estimate of drug-likeness (QED) is 0.654. The molecule has 0 unspecified atom stereocenters. The molecule has 1 aromatic heterocycles. The van der Waals surface area contributed by atoms with E-state index < -0.39 is 6.43 Å².